The van der Waals surface area contributed by atoms with Crippen LogP contribution in [0.3, 0.4) is 0 Å². The Labute approximate surface area is 285 Å². The highest BCUT2D eigenvalue weighted by Crippen LogP contribution is 2.67. The molecule has 0 spiro atoms. The molecule has 2 aromatic carbocycles. The summed E-state index contributed by atoms with van der Waals surface area (Å²) in [5, 5.41) is 24.6. The second-order valence-corrected chi connectivity index (χ2v) is 14.6. The molecule has 262 valence electrons. The lowest BCUT2D eigenvalue weighted by Gasteiger charge is -2.69. The summed E-state index contributed by atoms with van der Waals surface area (Å²) in [7, 11) is 0. The molecule has 11 nitrogen and oxygen atoms in total. The van der Waals surface area contributed by atoms with Crippen LogP contribution in [0.2, 0.25) is 0 Å². The standard InChI is InChI=1S/C38H44O11/c1-8-36(6)20-25(48-32(42)23-15-11-9-12-16-23)29-37(7)26(19-27(41)38(29,45)34(36)44)35(4,5)30(47-22(3)40)28(46-21(2)39)31(37)49-33(43)24-17-13-10-14-18-24/h8-18,25-31,41,45H,1,19-20H2,2-7H3/t25-,26+,27-,28+,29-,30-,31+,36-,37+,38+/m1/s1. The maximum atomic E-state index is 14.5. The number of carbonyl (C=O) groups is 5. The molecule has 3 aliphatic rings. The number of aliphatic hydroxyl groups is 2. The lowest BCUT2D eigenvalue weighted by molar-refractivity contribution is -0.313. The summed E-state index contributed by atoms with van der Waals surface area (Å²) in [6, 6.07) is 16.2. The number of benzene rings is 2. The molecule has 0 saturated heterocycles. The summed E-state index contributed by atoms with van der Waals surface area (Å²) in [4.78, 5) is 67.3. The molecule has 49 heavy (non-hydrogen) atoms. The van der Waals surface area contributed by atoms with E-state index in [-0.39, 0.29) is 24.0 Å². The predicted molar refractivity (Wildman–Crippen MR) is 175 cm³/mol. The Hall–Kier alpha value is -4.35. The fourth-order valence-corrected chi connectivity index (χ4v) is 8.96. The highest BCUT2D eigenvalue weighted by atomic mass is 16.6. The first-order valence-corrected chi connectivity index (χ1v) is 16.4. The normalized spacial score (nSPS) is 36.2. The number of Topliss-reactive ketones (excluding diaryl/α,β-unsaturated/α-hetero) is 1. The molecule has 2 aromatic rings. The number of aliphatic hydroxyl groups excluding tert-OH is 1. The Kier molecular flexibility index (Phi) is 9.42. The number of hydrogen-bond acceptors (Lipinski definition) is 11. The Bertz CT molecular complexity index is 1640. The van der Waals surface area contributed by atoms with Crippen molar-refractivity contribution in [2.45, 2.75) is 90.5 Å². The number of ketones is 1. The molecular weight excluding hydrogens is 632 g/mol. The fraction of sp³-hybridized carbons (Fsp3) is 0.500. The minimum atomic E-state index is -2.55. The van der Waals surface area contributed by atoms with E-state index in [0.717, 1.165) is 6.92 Å². The molecule has 3 aliphatic carbocycles. The molecule has 0 bridgehead atoms. The van der Waals surface area contributed by atoms with Crippen molar-refractivity contribution in [1.82, 2.24) is 0 Å². The lowest BCUT2D eigenvalue weighted by atomic mass is 9.38. The number of rotatable bonds is 7. The minimum Gasteiger partial charge on any atom is -0.458 e. The molecule has 0 heterocycles. The van der Waals surface area contributed by atoms with Gasteiger partial charge in [0.15, 0.2) is 17.5 Å². The van der Waals surface area contributed by atoms with Gasteiger partial charge in [0, 0.05) is 37.0 Å². The van der Waals surface area contributed by atoms with Crippen LogP contribution in [0.15, 0.2) is 73.3 Å². The van der Waals surface area contributed by atoms with Crippen molar-refractivity contribution in [2.75, 3.05) is 0 Å². The smallest absolute Gasteiger partial charge is 0.338 e. The number of hydrogen-bond donors (Lipinski definition) is 2. The van der Waals surface area contributed by atoms with Crippen LogP contribution in [0.5, 0.6) is 0 Å². The quantitative estimate of drug-likeness (QED) is 0.245. The number of allylic oxidation sites excluding steroid dienone is 1. The van der Waals surface area contributed by atoms with Gasteiger partial charge in [-0.1, -0.05) is 63.2 Å². The third-order valence-corrected chi connectivity index (χ3v) is 11.1. The van der Waals surface area contributed by atoms with E-state index < -0.39 is 93.9 Å². The average molecular weight is 677 g/mol. The van der Waals surface area contributed by atoms with Gasteiger partial charge in [-0.05, 0) is 43.5 Å². The topological polar surface area (TPSA) is 163 Å². The van der Waals surface area contributed by atoms with Gasteiger partial charge in [-0.2, -0.15) is 0 Å². The Morgan fingerprint density at radius 3 is 1.80 bits per heavy atom. The fourth-order valence-electron chi connectivity index (χ4n) is 8.96. The van der Waals surface area contributed by atoms with Crippen molar-refractivity contribution in [2.24, 2.45) is 28.1 Å². The second-order valence-electron chi connectivity index (χ2n) is 14.6. The minimum absolute atomic E-state index is 0.124. The molecule has 0 amide bonds. The third kappa shape index (κ3) is 5.86. The summed E-state index contributed by atoms with van der Waals surface area (Å²) < 4.78 is 24.2. The zero-order chi connectivity index (χ0) is 36.1. The van der Waals surface area contributed by atoms with E-state index in [1.807, 2.05) is 0 Å². The van der Waals surface area contributed by atoms with Gasteiger partial charge in [-0.15, -0.1) is 6.58 Å². The predicted octanol–water partition coefficient (Wildman–Crippen LogP) is 4.24. The van der Waals surface area contributed by atoms with Gasteiger partial charge < -0.3 is 29.2 Å². The van der Waals surface area contributed by atoms with E-state index in [2.05, 4.69) is 6.58 Å². The van der Waals surface area contributed by atoms with Crippen molar-refractivity contribution < 1.29 is 53.1 Å². The third-order valence-electron chi connectivity index (χ3n) is 11.1. The van der Waals surface area contributed by atoms with Crippen LogP contribution in [0.1, 0.15) is 75.1 Å². The molecule has 0 radical (unpaired) electrons. The summed E-state index contributed by atoms with van der Waals surface area (Å²) in [6.45, 7) is 12.9. The maximum absolute atomic E-state index is 14.5. The highest BCUT2D eigenvalue weighted by Gasteiger charge is 2.78. The van der Waals surface area contributed by atoms with Gasteiger partial charge in [-0.25, -0.2) is 9.59 Å². The summed E-state index contributed by atoms with van der Waals surface area (Å²) in [5.41, 5.74) is -6.29. The van der Waals surface area contributed by atoms with Crippen LogP contribution >= 0.6 is 0 Å². The van der Waals surface area contributed by atoms with E-state index >= 15 is 0 Å². The first kappa shape index (κ1) is 35.9. The Balaban J connectivity index is 1.77. The highest BCUT2D eigenvalue weighted by molar-refractivity contribution is 5.96. The maximum Gasteiger partial charge on any atom is 0.338 e. The van der Waals surface area contributed by atoms with Crippen LogP contribution in [0, 0.1) is 28.1 Å². The monoisotopic (exact) mass is 676 g/mol. The van der Waals surface area contributed by atoms with Crippen molar-refractivity contribution in [3.05, 3.63) is 84.4 Å². The second kappa shape index (κ2) is 12.8. The van der Waals surface area contributed by atoms with Gasteiger partial charge in [0.2, 0.25) is 0 Å². The van der Waals surface area contributed by atoms with Crippen molar-refractivity contribution in [3.63, 3.8) is 0 Å². The Morgan fingerprint density at radius 2 is 1.31 bits per heavy atom. The van der Waals surface area contributed by atoms with Crippen LogP contribution in [-0.2, 0) is 33.3 Å². The van der Waals surface area contributed by atoms with Crippen LogP contribution < -0.4 is 0 Å². The van der Waals surface area contributed by atoms with Gasteiger partial charge in [-0.3, -0.25) is 14.4 Å². The van der Waals surface area contributed by atoms with Gasteiger partial charge in [0.05, 0.1) is 22.6 Å². The number of ether oxygens (including phenoxy) is 4. The molecule has 10 atom stereocenters. The van der Waals surface area contributed by atoms with Gasteiger partial charge >= 0.3 is 23.9 Å². The molecule has 3 saturated carbocycles. The molecule has 0 unspecified atom stereocenters. The van der Waals surface area contributed by atoms with Gasteiger partial charge in [0.25, 0.3) is 0 Å². The van der Waals surface area contributed by atoms with Crippen molar-refractivity contribution in [3.8, 4) is 0 Å². The first-order valence-electron chi connectivity index (χ1n) is 16.4. The van der Waals surface area contributed by atoms with Crippen LogP contribution in [-0.4, -0.2) is 76.0 Å². The summed E-state index contributed by atoms with van der Waals surface area (Å²) >= 11 is 0. The van der Waals surface area contributed by atoms with E-state index in [1.165, 1.54) is 25.1 Å². The number of carbonyl (C=O) groups excluding carboxylic acids is 5. The number of esters is 4. The number of fused-ring (bicyclic) bond motifs is 3. The molecular formula is C38H44O11. The molecule has 3 fully saturated rings. The molecule has 0 aromatic heterocycles. The van der Waals surface area contributed by atoms with Crippen LogP contribution in [0.4, 0.5) is 0 Å². The SMILES string of the molecule is C=C[C@]1(C)C[C@@H](OC(=O)c2ccccc2)[C@H]2[C@](O)(C1=O)[C@H](O)C[C@H]1C(C)(C)[C@H](OC(C)=O)[C@H](OC(C)=O)[C@H](OC(=O)c3ccccc3)[C@@]12C. The van der Waals surface area contributed by atoms with E-state index in [9.17, 15) is 34.2 Å². The van der Waals surface area contributed by atoms with Crippen molar-refractivity contribution >= 4 is 29.7 Å². The lowest BCUT2D eigenvalue weighted by Crippen LogP contribution is -2.80. The van der Waals surface area contributed by atoms with Crippen LogP contribution in [0.25, 0.3) is 0 Å². The van der Waals surface area contributed by atoms with E-state index in [0.29, 0.717) is 0 Å². The first-order chi connectivity index (χ1) is 22.9. The van der Waals surface area contributed by atoms with Gasteiger partial charge in [0.1, 0.15) is 18.3 Å². The van der Waals surface area contributed by atoms with Crippen molar-refractivity contribution in [1.29, 1.82) is 0 Å². The molecule has 2 N–H and O–H groups in total. The molecule has 11 heteroatoms. The average Bonchev–Trinajstić information content (AvgIpc) is 3.05. The molecule has 5 rings (SSSR count). The zero-order valence-electron chi connectivity index (χ0n) is 28.6. The summed E-state index contributed by atoms with van der Waals surface area (Å²) in [5.74, 6) is -5.93. The zero-order valence-corrected chi connectivity index (χ0v) is 28.6. The summed E-state index contributed by atoms with van der Waals surface area (Å²) in [6.07, 6.45) is -6.01. The van der Waals surface area contributed by atoms with E-state index in [4.69, 9.17) is 18.9 Å². The van der Waals surface area contributed by atoms with E-state index in [1.54, 1.807) is 76.2 Å². The molecule has 0 aliphatic heterocycles. The Morgan fingerprint density at radius 1 is 0.796 bits per heavy atom. The largest absolute Gasteiger partial charge is 0.458 e.